The van der Waals surface area contributed by atoms with E-state index in [0.717, 1.165) is 11.3 Å². The molecule has 0 aliphatic carbocycles. The molecule has 0 fully saturated rings. The van der Waals surface area contributed by atoms with Gasteiger partial charge in [-0.3, -0.25) is 0 Å². The number of alkyl halides is 1. The molecule has 0 aliphatic rings. The summed E-state index contributed by atoms with van der Waals surface area (Å²) in [5, 5.41) is 4.88. The second kappa shape index (κ2) is 5.70. The Morgan fingerprint density at radius 2 is 2.00 bits per heavy atom. The number of rotatable bonds is 3. The summed E-state index contributed by atoms with van der Waals surface area (Å²) in [5.41, 5.74) is 2.11. The number of hydrogen-bond donors (Lipinski definition) is 0. The van der Waals surface area contributed by atoms with E-state index in [0.29, 0.717) is 10.8 Å². The highest BCUT2D eigenvalue weighted by atomic mass is 35.5. The fourth-order valence-corrected chi connectivity index (χ4v) is 2.57. The number of hydrogen-bond acceptors (Lipinski definition) is 1. The van der Waals surface area contributed by atoms with Crippen molar-refractivity contribution in [1.82, 2.24) is 9.78 Å². The summed E-state index contributed by atoms with van der Waals surface area (Å²) < 4.78 is 15.0. The molecule has 0 saturated heterocycles. The molecule has 1 aromatic carbocycles. The molecule has 102 valence electrons. The van der Waals surface area contributed by atoms with Crippen molar-refractivity contribution in [1.29, 1.82) is 0 Å². The predicted octanol–water partition coefficient (Wildman–Crippen LogP) is 5.18. The zero-order chi connectivity index (χ0) is 14.2. The van der Waals surface area contributed by atoms with Crippen molar-refractivity contribution in [3.63, 3.8) is 0 Å². The lowest BCUT2D eigenvalue weighted by atomic mass is 10.1. The molecule has 19 heavy (non-hydrogen) atoms. The zero-order valence-electron chi connectivity index (χ0n) is 10.4. The maximum Gasteiger partial charge on any atom is 0.143 e. The minimum Gasteiger partial charge on any atom is -0.221 e. The molecule has 2 aromatic rings. The molecular formula is C13H12Cl3FN2. The molecule has 0 N–H and O–H groups in total. The van der Waals surface area contributed by atoms with Gasteiger partial charge in [-0.15, -0.1) is 11.6 Å². The minimum absolute atomic E-state index is 0.0636. The molecule has 0 amide bonds. The maximum atomic E-state index is 13.5. The topological polar surface area (TPSA) is 17.8 Å². The van der Waals surface area contributed by atoms with Gasteiger partial charge in [0.2, 0.25) is 0 Å². The van der Waals surface area contributed by atoms with Crippen LogP contribution in [0.5, 0.6) is 0 Å². The molecule has 0 radical (unpaired) electrons. The monoisotopic (exact) mass is 320 g/mol. The number of halogens is 4. The van der Waals surface area contributed by atoms with Gasteiger partial charge in [0.1, 0.15) is 11.0 Å². The molecule has 6 heteroatoms. The van der Waals surface area contributed by atoms with E-state index in [-0.39, 0.29) is 16.8 Å². The molecule has 0 saturated carbocycles. The van der Waals surface area contributed by atoms with Gasteiger partial charge in [-0.1, -0.05) is 37.0 Å². The molecular weight excluding hydrogens is 310 g/mol. The summed E-state index contributed by atoms with van der Waals surface area (Å²) in [7, 11) is 0. The SMILES string of the molecule is CC(C)c1nn(-c2ccc(Cl)c(F)c2)c(Cl)c1CCl. The molecule has 1 heterocycles. The average Bonchev–Trinajstić information content (AvgIpc) is 2.70. The fourth-order valence-electron chi connectivity index (χ4n) is 1.82. The van der Waals surface area contributed by atoms with Crippen LogP contribution < -0.4 is 0 Å². The summed E-state index contributed by atoms with van der Waals surface area (Å²) in [5.74, 6) is -0.0588. The first-order valence-electron chi connectivity index (χ1n) is 5.74. The van der Waals surface area contributed by atoms with Gasteiger partial charge in [0, 0.05) is 11.6 Å². The summed E-state index contributed by atoms with van der Waals surface area (Å²) in [6.45, 7) is 4.00. The van der Waals surface area contributed by atoms with Crippen LogP contribution in [-0.2, 0) is 5.88 Å². The smallest absolute Gasteiger partial charge is 0.143 e. The van der Waals surface area contributed by atoms with E-state index in [1.54, 1.807) is 6.07 Å². The second-order valence-electron chi connectivity index (χ2n) is 4.45. The first kappa shape index (κ1) is 14.6. The Morgan fingerprint density at radius 1 is 1.32 bits per heavy atom. The van der Waals surface area contributed by atoms with Gasteiger partial charge in [-0.05, 0) is 18.1 Å². The van der Waals surface area contributed by atoms with Gasteiger partial charge < -0.3 is 0 Å². The van der Waals surface area contributed by atoms with Crippen LogP contribution in [0.4, 0.5) is 4.39 Å². The van der Waals surface area contributed by atoms with E-state index < -0.39 is 5.82 Å². The van der Waals surface area contributed by atoms with Gasteiger partial charge in [-0.2, -0.15) is 5.10 Å². The van der Waals surface area contributed by atoms with Crippen LogP contribution in [-0.4, -0.2) is 9.78 Å². The van der Waals surface area contributed by atoms with Crippen molar-refractivity contribution >= 4 is 34.8 Å². The van der Waals surface area contributed by atoms with Crippen molar-refractivity contribution < 1.29 is 4.39 Å². The van der Waals surface area contributed by atoms with Gasteiger partial charge in [0.05, 0.1) is 22.3 Å². The van der Waals surface area contributed by atoms with Crippen LogP contribution in [0.25, 0.3) is 5.69 Å². The zero-order valence-corrected chi connectivity index (χ0v) is 12.7. The predicted molar refractivity (Wildman–Crippen MR) is 77.2 cm³/mol. The lowest BCUT2D eigenvalue weighted by Crippen LogP contribution is -1.99. The van der Waals surface area contributed by atoms with Crippen LogP contribution in [0.3, 0.4) is 0 Å². The van der Waals surface area contributed by atoms with E-state index >= 15 is 0 Å². The van der Waals surface area contributed by atoms with Crippen molar-refractivity contribution in [2.75, 3.05) is 0 Å². The van der Waals surface area contributed by atoms with Gasteiger partial charge in [0.25, 0.3) is 0 Å². The Hall–Kier alpha value is -0.770. The van der Waals surface area contributed by atoms with Gasteiger partial charge in [-0.25, -0.2) is 9.07 Å². The van der Waals surface area contributed by atoms with E-state index in [1.165, 1.54) is 16.8 Å². The minimum atomic E-state index is -0.510. The van der Waals surface area contributed by atoms with Crippen molar-refractivity contribution in [3.8, 4) is 5.69 Å². The molecule has 0 spiro atoms. The Labute approximate surface area is 126 Å². The molecule has 0 bridgehead atoms. The summed E-state index contributed by atoms with van der Waals surface area (Å²) in [6, 6.07) is 4.43. The third-order valence-corrected chi connectivity index (χ3v) is 3.74. The quantitative estimate of drug-likeness (QED) is 0.712. The average molecular weight is 322 g/mol. The number of nitrogens with zero attached hydrogens (tertiary/aromatic N) is 2. The van der Waals surface area contributed by atoms with Crippen LogP contribution in [0, 0.1) is 5.82 Å². The molecule has 2 nitrogen and oxygen atoms in total. The molecule has 0 aliphatic heterocycles. The number of benzene rings is 1. The van der Waals surface area contributed by atoms with Crippen LogP contribution in [0.15, 0.2) is 18.2 Å². The van der Waals surface area contributed by atoms with Gasteiger partial charge in [0.15, 0.2) is 0 Å². The fraction of sp³-hybridized carbons (Fsp3) is 0.308. The Kier molecular flexibility index (Phi) is 4.39. The molecule has 2 rings (SSSR count). The van der Waals surface area contributed by atoms with Crippen molar-refractivity contribution in [3.05, 3.63) is 45.4 Å². The van der Waals surface area contributed by atoms with Crippen LogP contribution in [0.1, 0.15) is 31.0 Å². The Balaban J connectivity index is 2.59. The summed E-state index contributed by atoms with van der Waals surface area (Å²) >= 11 is 17.8. The third kappa shape index (κ3) is 2.73. The van der Waals surface area contributed by atoms with E-state index in [4.69, 9.17) is 34.8 Å². The lowest BCUT2D eigenvalue weighted by molar-refractivity contribution is 0.625. The van der Waals surface area contributed by atoms with E-state index in [9.17, 15) is 4.39 Å². The van der Waals surface area contributed by atoms with Crippen molar-refractivity contribution in [2.24, 2.45) is 0 Å². The highest BCUT2D eigenvalue weighted by Gasteiger charge is 2.19. The van der Waals surface area contributed by atoms with E-state index in [1.807, 2.05) is 13.8 Å². The first-order chi connectivity index (χ1) is 8.95. The van der Waals surface area contributed by atoms with Crippen LogP contribution in [0.2, 0.25) is 10.2 Å². The van der Waals surface area contributed by atoms with Crippen LogP contribution >= 0.6 is 34.8 Å². The Morgan fingerprint density at radius 3 is 2.47 bits per heavy atom. The highest BCUT2D eigenvalue weighted by molar-refractivity contribution is 6.32. The molecule has 1 aromatic heterocycles. The normalized spacial score (nSPS) is 11.3. The van der Waals surface area contributed by atoms with Gasteiger partial charge >= 0.3 is 0 Å². The van der Waals surface area contributed by atoms with E-state index in [2.05, 4.69) is 5.10 Å². The standard InChI is InChI=1S/C13H12Cl3FN2/c1-7(2)12-9(6-14)13(16)19(18-12)8-3-4-10(15)11(17)5-8/h3-5,7H,6H2,1-2H3. The first-order valence-corrected chi connectivity index (χ1v) is 7.03. The third-order valence-electron chi connectivity index (χ3n) is 2.78. The van der Waals surface area contributed by atoms with Crippen molar-refractivity contribution in [2.45, 2.75) is 25.6 Å². The summed E-state index contributed by atoms with van der Waals surface area (Å²) in [6.07, 6.45) is 0. The largest absolute Gasteiger partial charge is 0.221 e. The molecule has 0 atom stereocenters. The maximum absolute atomic E-state index is 13.5. The number of aromatic nitrogens is 2. The highest BCUT2D eigenvalue weighted by Crippen LogP contribution is 2.30. The molecule has 0 unspecified atom stereocenters. The Bertz CT molecular complexity index is 608. The second-order valence-corrected chi connectivity index (χ2v) is 5.49. The lowest BCUT2D eigenvalue weighted by Gasteiger charge is -2.04. The summed E-state index contributed by atoms with van der Waals surface area (Å²) in [4.78, 5) is 0.